The van der Waals surface area contributed by atoms with Crippen LogP contribution in [0.25, 0.3) is 0 Å². The molecule has 0 aromatic rings. The van der Waals surface area contributed by atoms with Crippen molar-refractivity contribution in [3.05, 3.63) is 0 Å². The van der Waals surface area contributed by atoms with Crippen molar-refractivity contribution in [2.45, 2.75) is 52.8 Å². The molecule has 0 saturated carbocycles. The second kappa shape index (κ2) is 4.78. The maximum atomic E-state index is 11.4. The Morgan fingerprint density at radius 1 is 1.57 bits per heavy atom. The Bertz CT molecular complexity index is 203. The molecule has 1 rings (SSSR count). The zero-order valence-electron chi connectivity index (χ0n) is 9.62. The van der Waals surface area contributed by atoms with Gasteiger partial charge in [-0.1, -0.05) is 13.8 Å². The van der Waals surface area contributed by atoms with Crippen LogP contribution < -0.4 is 0 Å². The Labute approximate surface area is 86.4 Å². The van der Waals surface area contributed by atoms with Crippen LogP contribution in [0.3, 0.4) is 0 Å². The molecule has 14 heavy (non-hydrogen) atoms. The zero-order valence-corrected chi connectivity index (χ0v) is 9.62. The number of hydrogen-bond donors (Lipinski definition) is 0. The molecule has 2 unspecified atom stereocenters. The minimum absolute atomic E-state index is 0.00347. The van der Waals surface area contributed by atoms with Crippen LogP contribution in [0.2, 0.25) is 0 Å². The van der Waals surface area contributed by atoms with Gasteiger partial charge in [-0.25, -0.2) is 0 Å². The quantitative estimate of drug-likeness (QED) is 0.681. The second-order valence-corrected chi connectivity index (χ2v) is 4.52. The number of ether oxygens (including phenoxy) is 1. The molecule has 0 radical (unpaired) electrons. The SMILES string of the molecule is CC(=O)N1C(C)CCOC1CC(C)C. The van der Waals surface area contributed by atoms with Gasteiger partial charge in [0, 0.05) is 13.0 Å². The monoisotopic (exact) mass is 199 g/mol. The number of carbonyl (C=O) groups excluding carboxylic acids is 1. The molecule has 1 aliphatic heterocycles. The normalized spacial score (nSPS) is 28.2. The van der Waals surface area contributed by atoms with Gasteiger partial charge in [0.05, 0.1) is 6.61 Å². The van der Waals surface area contributed by atoms with Gasteiger partial charge >= 0.3 is 0 Å². The molecule has 82 valence electrons. The van der Waals surface area contributed by atoms with Crippen LogP contribution in [-0.4, -0.2) is 29.7 Å². The molecule has 1 aliphatic rings. The third-order valence-corrected chi connectivity index (χ3v) is 2.67. The number of amides is 1. The third-order valence-electron chi connectivity index (χ3n) is 2.67. The lowest BCUT2D eigenvalue weighted by Crippen LogP contribution is -2.50. The molecule has 1 saturated heterocycles. The Hall–Kier alpha value is -0.570. The van der Waals surface area contributed by atoms with Crippen molar-refractivity contribution >= 4 is 5.91 Å². The number of carbonyl (C=O) groups is 1. The van der Waals surface area contributed by atoms with Crippen LogP contribution in [0.15, 0.2) is 0 Å². The Morgan fingerprint density at radius 3 is 2.71 bits per heavy atom. The summed E-state index contributed by atoms with van der Waals surface area (Å²) in [4.78, 5) is 13.3. The van der Waals surface area contributed by atoms with Crippen LogP contribution in [0.4, 0.5) is 0 Å². The summed E-state index contributed by atoms with van der Waals surface area (Å²) in [6, 6.07) is 0.324. The standard InChI is InChI=1S/C11H21NO2/c1-8(2)7-11-12(10(4)13)9(3)5-6-14-11/h8-9,11H,5-7H2,1-4H3. The van der Waals surface area contributed by atoms with E-state index in [2.05, 4.69) is 20.8 Å². The van der Waals surface area contributed by atoms with Crippen LogP contribution in [0.1, 0.15) is 40.5 Å². The molecule has 0 aromatic heterocycles. The summed E-state index contributed by atoms with van der Waals surface area (Å²) in [6.45, 7) is 8.81. The summed E-state index contributed by atoms with van der Waals surface area (Å²) in [5, 5.41) is 0. The van der Waals surface area contributed by atoms with Gasteiger partial charge in [-0.05, 0) is 25.7 Å². The molecule has 0 aliphatic carbocycles. The number of nitrogens with zero attached hydrogens (tertiary/aromatic N) is 1. The van der Waals surface area contributed by atoms with Crippen molar-refractivity contribution in [2.24, 2.45) is 5.92 Å². The molecule has 0 bridgehead atoms. The van der Waals surface area contributed by atoms with Gasteiger partial charge in [-0.3, -0.25) is 4.79 Å². The molecule has 3 heteroatoms. The third kappa shape index (κ3) is 2.71. The lowest BCUT2D eigenvalue weighted by atomic mass is 10.1. The van der Waals surface area contributed by atoms with Gasteiger partial charge < -0.3 is 9.64 Å². The van der Waals surface area contributed by atoms with Gasteiger partial charge in [0.2, 0.25) is 5.91 Å². The maximum absolute atomic E-state index is 11.4. The topological polar surface area (TPSA) is 29.5 Å². The summed E-state index contributed by atoms with van der Waals surface area (Å²) >= 11 is 0. The van der Waals surface area contributed by atoms with Crippen LogP contribution in [-0.2, 0) is 9.53 Å². The van der Waals surface area contributed by atoms with Gasteiger partial charge in [-0.15, -0.1) is 0 Å². The van der Waals surface area contributed by atoms with Gasteiger partial charge in [0.1, 0.15) is 6.23 Å². The first-order valence-electron chi connectivity index (χ1n) is 5.43. The van der Waals surface area contributed by atoms with E-state index < -0.39 is 0 Å². The fourth-order valence-corrected chi connectivity index (χ4v) is 1.98. The minimum Gasteiger partial charge on any atom is -0.358 e. The fraction of sp³-hybridized carbons (Fsp3) is 0.909. The zero-order chi connectivity index (χ0) is 10.7. The van der Waals surface area contributed by atoms with Crippen molar-refractivity contribution in [2.75, 3.05) is 6.61 Å². The van der Waals surface area contributed by atoms with E-state index in [1.807, 2.05) is 4.90 Å². The first kappa shape index (κ1) is 11.5. The van der Waals surface area contributed by atoms with E-state index >= 15 is 0 Å². The molecule has 1 amide bonds. The van der Waals surface area contributed by atoms with Crippen molar-refractivity contribution in [3.8, 4) is 0 Å². The average molecular weight is 199 g/mol. The molecular formula is C11H21NO2. The Balaban J connectivity index is 2.64. The lowest BCUT2D eigenvalue weighted by Gasteiger charge is -2.40. The highest BCUT2D eigenvalue weighted by molar-refractivity contribution is 5.73. The largest absolute Gasteiger partial charge is 0.358 e. The van der Waals surface area contributed by atoms with Gasteiger partial charge in [0.15, 0.2) is 0 Å². The van der Waals surface area contributed by atoms with Crippen LogP contribution in [0, 0.1) is 5.92 Å². The molecule has 0 N–H and O–H groups in total. The summed E-state index contributed by atoms with van der Waals surface area (Å²) in [5.41, 5.74) is 0. The molecule has 0 aromatic carbocycles. The highest BCUT2D eigenvalue weighted by Crippen LogP contribution is 2.22. The van der Waals surface area contributed by atoms with E-state index in [4.69, 9.17) is 4.74 Å². The molecule has 1 heterocycles. The molecule has 3 nitrogen and oxygen atoms in total. The molecule has 2 atom stereocenters. The Morgan fingerprint density at radius 2 is 2.21 bits per heavy atom. The summed E-state index contributed by atoms with van der Waals surface area (Å²) in [6.07, 6.45) is 1.88. The first-order chi connectivity index (χ1) is 6.52. The van der Waals surface area contributed by atoms with Crippen molar-refractivity contribution in [1.82, 2.24) is 4.90 Å². The maximum Gasteiger partial charge on any atom is 0.221 e. The fourth-order valence-electron chi connectivity index (χ4n) is 1.98. The second-order valence-electron chi connectivity index (χ2n) is 4.52. The predicted molar refractivity (Wildman–Crippen MR) is 55.8 cm³/mol. The van der Waals surface area contributed by atoms with Crippen molar-refractivity contribution in [3.63, 3.8) is 0 Å². The Kier molecular flexibility index (Phi) is 3.93. The highest BCUT2D eigenvalue weighted by Gasteiger charge is 2.30. The average Bonchev–Trinajstić information content (AvgIpc) is 2.01. The molecular weight excluding hydrogens is 178 g/mol. The summed E-state index contributed by atoms with van der Waals surface area (Å²) in [5.74, 6) is 0.690. The van der Waals surface area contributed by atoms with Gasteiger partial charge in [-0.2, -0.15) is 0 Å². The summed E-state index contributed by atoms with van der Waals surface area (Å²) < 4.78 is 5.64. The number of rotatable bonds is 2. The molecule has 1 fully saturated rings. The van der Waals surface area contributed by atoms with Crippen LogP contribution >= 0.6 is 0 Å². The predicted octanol–water partition coefficient (Wildman–Crippen LogP) is 2.02. The molecule has 0 spiro atoms. The van der Waals surface area contributed by atoms with E-state index in [9.17, 15) is 4.79 Å². The minimum atomic E-state index is -0.00347. The van der Waals surface area contributed by atoms with E-state index in [1.54, 1.807) is 6.92 Å². The lowest BCUT2D eigenvalue weighted by molar-refractivity contribution is -0.163. The number of hydrogen-bond acceptors (Lipinski definition) is 2. The summed E-state index contributed by atoms with van der Waals surface area (Å²) in [7, 11) is 0. The van der Waals surface area contributed by atoms with Gasteiger partial charge in [0.25, 0.3) is 0 Å². The highest BCUT2D eigenvalue weighted by atomic mass is 16.5. The van der Waals surface area contributed by atoms with Crippen molar-refractivity contribution in [1.29, 1.82) is 0 Å². The van der Waals surface area contributed by atoms with E-state index in [1.165, 1.54) is 0 Å². The van der Waals surface area contributed by atoms with E-state index in [-0.39, 0.29) is 12.1 Å². The van der Waals surface area contributed by atoms with E-state index in [0.29, 0.717) is 12.0 Å². The smallest absolute Gasteiger partial charge is 0.221 e. The van der Waals surface area contributed by atoms with Crippen LogP contribution in [0.5, 0.6) is 0 Å². The van der Waals surface area contributed by atoms with Crippen molar-refractivity contribution < 1.29 is 9.53 Å². The van der Waals surface area contributed by atoms with E-state index in [0.717, 1.165) is 19.4 Å². The first-order valence-corrected chi connectivity index (χ1v) is 5.43.